The third-order valence-electron chi connectivity index (χ3n) is 6.56. The summed E-state index contributed by atoms with van der Waals surface area (Å²) in [5.41, 5.74) is 11.8. The number of nitrogens with two attached hydrogens (primary N) is 1. The highest BCUT2D eigenvalue weighted by molar-refractivity contribution is 7.13. The highest BCUT2D eigenvalue weighted by atomic mass is 32.1. The Morgan fingerprint density at radius 1 is 0.750 bits per heavy atom. The summed E-state index contributed by atoms with van der Waals surface area (Å²) < 4.78 is 2.22. The second kappa shape index (κ2) is 8.95. The van der Waals surface area contributed by atoms with Gasteiger partial charge in [-0.2, -0.15) is 0 Å². The van der Waals surface area contributed by atoms with Crippen LogP contribution in [0.4, 0.5) is 0 Å². The lowest BCUT2D eigenvalue weighted by molar-refractivity contribution is 0.1000. The van der Waals surface area contributed by atoms with Gasteiger partial charge in [-0.25, -0.2) is 0 Å². The predicted octanol–water partition coefficient (Wildman–Crippen LogP) is 6.90. The first-order valence-corrected chi connectivity index (χ1v) is 12.6. The van der Waals surface area contributed by atoms with E-state index in [0.717, 1.165) is 32.9 Å². The Bertz CT molecular complexity index is 1730. The van der Waals surface area contributed by atoms with E-state index < -0.39 is 5.91 Å². The SMILES string of the molecule is NC(=O)c1cccc2c1c1ccc(-c3cccs3)cc1n2Cc1ccc(C(=O)c2ccccc2)cc1. The first-order valence-electron chi connectivity index (χ1n) is 11.7. The molecular formula is C31H22N2O2S. The van der Waals surface area contributed by atoms with Crippen molar-refractivity contribution in [3.05, 3.63) is 131 Å². The summed E-state index contributed by atoms with van der Waals surface area (Å²) in [6, 6.07) is 33.2. The fourth-order valence-corrected chi connectivity index (χ4v) is 5.54. The molecule has 2 N–H and O–H groups in total. The van der Waals surface area contributed by atoms with Gasteiger partial charge in [0.1, 0.15) is 0 Å². The standard InChI is InChI=1S/C31H22N2O2S/c32-31(35)25-8-4-9-26-29(25)24-16-15-23(28-10-5-17-36-28)18-27(24)33(26)19-20-11-13-22(14-12-20)30(34)21-6-2-1-3-7-21/h1-18H,19H2,(H2,32,35). The van der Waals surface area contributed by atoms with Crippen LogP contribution in [0.3, 0.4) is 0 Å². The van der Waals surface area contributed by atoms with Gasteiger partial charge in [0.2, 0.25) is 5.91 Å². The number of carbonyl (C=O) groups excluding carboxylic acids is 2. The van der Waals surface area contributed by atoms with Crippen molar-refractivity contribution in [2.24, 2.45) is 5.73 Å². The molecule has 0 saturated carbocycles. The lowest BCUT2D eigenvalue weighted by atomic mass is 10.0. The number of benzene rings is 4. The lowest BCUT2D eigenvalue weighted by Crippen LogP contribution is -2.11. The van der Waals surface area contributed by atoms with Gasteiger partial charge in [-0.3, -0.25) is 9.59 Å². The molecule has 1 amide bonds. The van der Waals surface area contributed by atoms with E-state index in [4.69, 9.17) is 5.73 Å². The fraction of sp³-hybridized carbons (Fsp3) is 0.0323. The molecule has 0 saturated heterocycles. The summed E-state index contributed by atoms with van der Waals surface area (Å²) in [7, 11) is 0. The topological polar surface area (TPSA) is 65.1 Å². The Labute approximate surface area is 212 Å². The van der Waals surface area contributed by atoms with Crippen molar-refractivity contribution in [2.45, 2.75) is 6.54 Å². The highest BCUT2D eigenvalue weighted by Crippen LogP contribution is 2.36. The van der Waals surface area contributed by atoms with Crippen molar-refractivity contribution in [3.63, 3.8) is 0 Å². The van der Waals surface area contributed by atoms with Gasteiger partial charge in [0, 0.05) is 38.9 Å². The number of amides is 1. The summed E-state index contributed by atoms with van der Waals surface area (Å²) >= 11 is 1.70. The van der Waals surface area contributed by atoms with E-state index in [2.05, 4.69) is 34.2 Å². The maximum atomic E-state index is 12.8. The molecule has 2 aromatic heterocycles. The van der Waals surface area contributed by atoms with Crippen molar-refractivity contribution in [1.82, 2.24) is 4.57 Å². The van der Waals surface area contributed by atoms with Crippen LogP contribution in [0.15, 0.2) is 109 Å². The zero-order chi connectivity index (χ0) is 24.6. The number of hydrogen-bond donors (Lipinski definition) is 1. The minimum atomic E-state index is -0.439. The van der Waals surface area contributed by atoms with E-state index in [1.165, 1.54) is 4.88 Å². The lowest BCUT2D eigenvalue weighted by Gasteiger charge is -2.10. The molecule has 0 atom stereocenters. The highest BCUT2D eigenvalue weighted by Gasteiger charge is 2.18. The number of hydrogen-bond acceptors (Lipinski definition) is 3. The molecule has 0 bridgehead atoms. The molecule has 36 heavy (non-hydrogen) atoms. The summed E-state index contributed by atoms with van der Waals surface area (Å²) in [5, 5.41) is 3.93. The molecule has 0 aliphatic heterocycles. The molecule has 174 valence electrons. The van der Waals surface area contributed by atoms with Crippen LogP contribution in [0.2, 0.25) is 0 Å². The van der Waals surface area contributed by atoms with Crippen molar-refractivity contribution >= 4 is 44.8 Å². The van der Waals surface area contributed by atoms with Crippen LogP contribution in [0.1, 0.15) is 31.8 Å². The van der Waals surface area contributed by atoms with Crippen molar-refractivity contribution in [2.75, 3.05) is 0 Å². The third kappa shape index (κ3) is 3.80. The molecule has 0 aliphatic carbocycles. The van der Waals surface area contributed by atoms with Crippen LogP contribution < -0.4 is 5.73 Å². The molecule has 4 nitrogen and oxygen atoms in total. The molecule has 6 rings (SSSR count). The van der Waals surface area contributed by atoms with Gasteiger partial charge in [0.15, 0.2) is 5.78 Å². The Morgan fingerprint density at radius 3 is 2.25 bits per heavy atom. The van der Waals surface area contributed by atoms with E-state index >= 15 is 0 Å². The van der Waals surface area contributed by atoms with Crippen molar-refractivity contribution in [1.29, 1.82) is 0 Å². The van der Waals surface area contributed by atoms with Crippen molar-refractivity contribution in [3.8, 4) is 10.4 Å². The maximum Gasteiger partial charge on any atom is 0.249 e. The predicted molar refractivity (Wildman–Crippen MR) is 147 cm³/mol. The molecule has 0 unspecified atom stereocenters. The second-order valence-corrected chi connectivity index (χ2v) is 9.70. The van der Waals surface area contributed by atoms with Gasteiger partial charge in [-0.1, -0.05) is 78.9 Å². The van der Waals surface area contributed by atoms with Gasteiger partial charge >= 0.3 is 0 Å². The summed E-state index contributed by atoms with van der Waals surface area (Å²) in [6.45, 7) is 0.593. The molecule has 0 fully saturated rings. The largest absolute Gasteiger partial charge is 0.366 e. The Kier molecular flexibility index (Phi) is 5.47. The quantitative estimate of drug-likeness (QED) is 0.260. The van der Waals surface area contributed by atoms with Crippen LogP contribution in [0, 0.1) is 0 Å². The Balaban J connectivity index is 1.46. The zero-order valence-electron chi connectivity index (χ0n) is 19.3. The van der Waals surface area contributed by atoms with E-state index in [0.29, 0.717) is 23.2 Å². The van der Waals surface area contributed by atoms with Gasteiger partial charge < -0.3 is 10.3 Å². The molecular weight excluding hydrogens is 464 g/mol. The number of carbonyl (C=O) groups is 2. The number of ketones is 1. The number of primary amides is 1. The van der Waals surface area contributed by atoms with Crippen LogP contribution in [0.5, 0.6) is 0 Å². The fourth-order valence-electron chi connectivity index (χ4n) is 4.82. The minimum absolute atomic E-state index is 0.00528. The summed E-state index contributed by atoms with van der Waals surface area (Å²) in [4.78, 5) is 26.3. The molecule has 0 aliphatic rings. The van der Waals surface area contributed by atoms with Crippen LogP contribution in [-0.2, 0) is 6.54 Å². The second-order valence-electron chi connectivity index (χ2n) is 8.75. The smallest absolute Gasteiger partial charge is 0.249 e. The Hall–Kier alpha value is -4.48. The molecule has 2 heterocycles. The average molecular weight is 487 g/mol. The monoisotopic (exact) mass is 486 g/mol. The number of fused-ring (bicyclic) bond motifs is 3. The van der Waals surface area contributed by atoms with Crippen LogP contribution in [0.25, 0.3) is 32.2 Å². The number of rotatable bonds is 6. The van der Waals surface area contributed by atoms with E-state index in [1.54, 1.807) is 17.4 Å². The van der Waals surface area contributed by atoms with Gasteiger partial charge in [0.05, 0.1) is 11.0 Å². The van der Waals surface area contributed by atoms with Gasteiger partial charge in [0.25, 0.3) is 0 Å². The molecule has 6 aromatic rings. The molecule has 5 heteroatoms. The van der Waals surface area contributed by atoms with Crippen LogP contribution >= 0.6 is 11.3 Å². The van der Waals surface area contributed by atoms with Crippen LogP contribution in [-0.4, -0.2) is 16.3 Å². The third-order valence-corrected chi connectivity index (χ3v) is 7.47. The minimum Gasteiger partial charge on any atom is -0.366 e. The van der Waals surface area contributed by atoms with E-state index in [9.17, 15) is 9.59 Å². The first kappa shape index (κ1) is 22.0. The number of nitrogens with zero attached hydrogens (tertiary/aromatic N) is 1. The van der Waals surface area contributed by atoms with Crippen molar-refractivity contribution < 1.29 is 9.59 Å². The summed E-state index contributed by atoms with van der Waals surface area (Å²) in [5.74, 6) is -0.434. The van der Waals surface area contributed by atoms with Gasteiger partial charge in [-0.05, 0) is 40.8 Å². The number of aromatic nitrogens is 1. The molecule has 4 aromatic carbocycles. The summed E-state index contributed by atoms with van der Waals surface area (Å²) in [6.07, 6.45) is 0. The van der Waals surface area contributed by atoms with E-state index in [1.807, 2.05) is 72.8 Å². The zero-order valence-corrected chi connectivity index (χ0v) is 20.2. The molecule has 0 spiro atoms. The maximum absolute atomic E-state index is 12.8. The van der Waals surface area contributed by atoms with Gasteiger partial charge in [-0.15, -0.1) is 11.3 Å². The Morgan fingerprint density at radius 2 is 1.53 bits per heavy atom. The average Bonchev–Trinajstić information content (AvgIpc) is 3.56. The first-order chi connectivity index (χ1) is 17.6. The van der Waals surface area contributed by atoms with E-state index in [-0.39, 0.29) is 5.78 Å². The normalized spacial score (nSPS) is 11.2. The number of thiophene rings is 1. The molecule has 0 radical (unpaired) electrons.